The molecule has 0 aliphatic heterocycles. The smallest absolute Gasteiger partial charge is 0.387 e. The van der Waals surface area contributed by atoms with Crippen LogP contribution in [0.4, 0.5) is 8.78 Å². The van der Waals surface area contributed by atoms with Crippen molar-refractivity contribution in [2.75, 3.05) is 6.54 Å². The van der Waals surface area contributed by atoms with Gasteiger partial charge in [0.2, 0.25) is 5.78 Å². The molecule has 0 bridgehead atoms. The highest BCUT2D eigenvalue weighted by atomic mass is 32.1. The van der Waals surface area contributed by atoms with Gasteiger partial charge in [-0.3, -0.25) is 4.79 Å². The van der Waals surface area contributed by atoms with Crippen molar-refractivity contribution >= 4 is 23.0 Å². The number of nitrogens with one attached hydrogen (secondary N) is 1. The number of pyridine rings is 1. The number of aromatic nitrogens is 1. The van der Waals surface area contributed by atoms with E-state index in [9.17, 15) is 13.6 Å². The second-order valence-corrected chi connectivity index (χ2v) is 5.33. The van der Waals surface area contributed by atoms with Crippen LogP contribution in [0.2, 0.25) is 0 Å². The number of likely N-dealkylation sites (N-methyl/N-ethyl adjacent to an activating group) is 1. The Kier molecular flexibility index (Phi) is 6.31. The number of rotatable bonds is 7. The fraction of sp³-hybridized carbons (Fsp3) is 0.235. The summed E-state index contributed by atoms with van der Waals surface area (Å²) in [5, 5.41) is 3.00. The van der Waals surface area contributed by atoms with E-state index in [1.54, 1.807) is 29.1 Å². The van der Waals surface area contributed by atoms with E-state index in [1.807, 2.05) is 13.0 Å². The molecule has 0 aliphatic carbocycles. The van der Waals surface area contributed by atoms with Crippen LogP contribution in [0.15, 0.2) is 54.9 Å². The lowest BCUT2D eigenvalue weighted by Gasteiger charge is -2.14. The molecule has 0 saturated heterocycles. The molecule has 0 spiro atoms. The van der Waals surface area contributed by atoms with Crippen molar-refractivity contribution in [2.24, 2.45) is 0 Å². The van der Waals surface area contributed by atoms with Gasteiger partial charge < -0.3 is 10.1 Å². The van der Waals surface area contributed by atoms with Crippen LogP contribution in [0, 0.1) is 0 Å². The van der Waals surface area contributed by atoms with Gasteiger partial charge in [-0.25, -0.2) is 0 Å². The van der Waals surface area contributed by atoms with Gasteiger partial charge in [-0.1, -0.05) is 18.3 Å². The van der Waals surface area contributed by atoms with Crippen LogP contribution in [-0.4, -0.2) is 23.9 Å². The minimum absolute atomic E-state index is 0.000256. The molecule has 0 saturated carbocycles. The van der Waals surface area contributed by atoms with Gasteiger partial charge in [0, 0.05) is 24.2 Å². The van der Waals surface area contributed by atoms with Crippen molar-refractivity contribution in [1.82, 2.24) is 5.32 Å². The Hall–Kier alpha value is -2.41. The largest absolute Gasteiger partial charge is 0.435 e. The summed E-state index contributed by atoms with van der Waals surface area (Å²) in [6, 6.07) is 10.3. The number of alkyl halides is 2. The first kappa shape index (κ1) is 17.9. The number of carbonyl (C=O) groups excluding carboxylic acids is 1. The van der Waals surface area contributed by atoms with Gasteiger partial charge in [0.15, 0.2) is 17.4 Å². The van der Waals surface area contributed by atoms with E-state index in [4.69, 9.17) is 12.2 Å². The fourth-order valence-corrected chi connectivity index (χ4v) is 2.58. The number of ketones is 1. The summed E-state index contributed by atoms with van der Waals surface area (Å²) in [4.78, 5) is 13.3. The molecule has 126 valence electrons. The van der Waals surface area contributed by atoms with Gasteiger partial charge in [0.25, 0.3) is 6.04 Å². The first-order chi connectivity index (χ1) is 11.5. The Labute approximate surface area is 144 Å². The predicted octanol–water partition coefficient (Wildman–Crippen LogP) is 2.94. The van der Waals surface area contributed by atoms with Crippen molar-refractivity contribution in [3.8, 4) is 5.75 Å². The minimum Gasteiger partial charge on any atom is -0.435 e. The summed E-state index contributed by atoms with van der Waals surface area (Å²) in [6.07, 6.45) is 3.50. The zero-order chi connectivity index (χ0) is 17.5. The Bertz CT molecular complexity index is 693. The summed E-state index contributed by atoms with van der Waals surface area (Å²) < 4.78 is 30.4. The molecule has 2 rings (SSSR count). The molecule has 1 atom stereocenters. The summed E-state index contributed by atoms with van der Waals surface area (Å²) >= 11 is 5.34. The molecule has 0 radical (unpaired) electrons. The quantitative estimate of drug-likeness (QED) is 0.473. The second-order valence-electron chi connectivity index (χ2n) is 4.89. The van der Waals surface area contributed by atoms with Crippen LogP contribution in [0.5, 0.6) is 5.75 Å². The van der Waals surface area contributed by atoms with E-state index in [0.717, 1.165) is 0 Å². The molecular weight excluding hydrogens is 334 g/mol. The molecule has 2 aromatic rings. The SMILES string of the molecule is CCNC(=S)C(C(=O)c1ccc(OC(F)F)cc1)[n+]1ccccc1. The number of nitrogens with zero attached hydrogens (tertiary/aromatic N) is 1. The van der Waals surface area contributed by atoms with Crippen LogP contribution in [0.25, 0.3) is 0 Å². The molecule has 1 N–H and O–H groups in total. The molecule has 1 aromatic heterocycles. The molecule has 1 heterocycles. The van der Waals surface area contributed by atoms with Crippen LogP contribution in [0.3, 0.4) is 0 Å². The lowest BCUT2D eigenvalue weighted by atomic mass is 10.0. The van der Waals surface area contributed by atoms with E-state index in [0.29, 0.717) is 17.1 Å². The lowest BCUT2D eigenvalue weighted by Crippen LogP contribution is -2.51. The van der Waals surface area contributed by atoms with Gasteiger partial charge in [-0.05, 0) is 31.2 Å². The van der Waals surface area contributed by atoms with E-state index in [-0.39, 0.29) is 11.5 Å². The topological polar surface area (TPSA) is 42.2 Å². The molecule has 24 heavy (non-hydrogen) atoms. The maximum absolute atomic E-state index is 12.9. The molecule has 1 aromatic carbocycles. The van der Waals surface area contributed by atoms with Gasteiger partial charge >= 0.3 is 6.61 Å². The number of hydrogen-bond acceptors (Lipinski definition) is 3. The van der Waals surface area contributed by atoms with E-state index < -0.39 is 12.7 Å². The van der Waals surface area contributed by atoms with Crippen molar-refractivity contribution in [3.63, 3.8) is 0 Å². The average molecular weight is 351 g/mol. The van der Waals surface area contributed by atoms with E-state index >= 15 is 0 Å². The predicted molar refractivity (Wildman–Crippen MR) is 89.4 cm³/mol. The van der Waals surface area contributed by atoms with E-state index in [2.05, 4.69) is 10.1 Å². The van der Waals surface area contributed by atoms with Crippen molar-refractivity contribution in [1.29, 1.82) is 0 Å². The van der Waals surface area contributed by atoms with Crippen LogP contribution in [0.1, 0.15) is 23.3 Å². The van der Waals surface area contributed by atoms with Crippen molar-refractivity contribution in [3.05, 3.63) is 60.4 Å². The first-order valence-corrected chi connectivity index (χ1v) is 7.76. The number of thiocarbonyl (C=S) groups is 1. The summed E-state index contributed by atoms with van der Waals surface area (Å²) in [7, 11) is 0. The number of halogens is 2. The standard InChI is InChI=1S/C17H16F2N2O2S/c1-2-20-16(24)14(21-10-4-3-5-11-21)15(22)12-6-8-13(9-7-12)23-17(18)19/h3-11,14,17H,2H2,1H3/p+1. The minimum atomic E-state index is -2.90. The molecule has 7 heteroatoms. The Morgan fingerprint density at radius 3 is 2.38 bits per heavy atom. The van der Waals surface area contributed by atoms with Gasteiger partial charge in [0.1, 0.15) is 5.75 Å². The van der Waals surface area contributed by atoms with Crippen LogP contribution in [-0.2, 0) is 0 Å². The van der Waals surface area contributed by atoms with Crippen molar-refractivity contribution in [2.45, 2.75) is 19.6 Å². The third-order valence-electron chi connectivity index (χ3n) is 3.25. The Morgan fingerprint density at radius 2 is 1.83 bits per heavy atom. The highest BCUT2D eigenvalue weighted by Gasteiger charge is 2.32. The maximum Gasteiger partial charge on any atom is 0.387 e. The molecule has 0 aliphatic rings. The third-order valence-corrected chi connectivity index (χ3v) is 3.62. The highest BCUT2D eigenvalue weighted by molar-refractivity contribution is 7.80. The monoisotopic (exact) mass is 351 g/mol. The van der Waals surface area contributed by atoms with Gasteiger partial charge in [0.05, 0.1) is 0 Å². The first-order valence-electron chi connectivity index (χ1n) is 7.35. The number of carbonyl (C=O) groups is 1. The van der Waals surface area contributed by atoms with E-state index in [1.165, 1.54) is 24.3 Å². The van der Waals surface area contributed by atoms with Crippen molar-refractivity contribution < 1.29 is 22.9 Å². The summed E-state index contributed by atoms with van der Waals surface area (Å²) in [5.74, 6) is -0.236. The number of Topliss-reactive ketones (excluding diaryl/α,β-unsaturated/α-hetero) is 1. The highest BCUT2D eigenvalue weighted by Crippen LogP contribution is 2.18. The molecule has 4 nitrogen and oxygen atoms in total. The number of benzene rings is 1. The Balaban J connectivity index is 2.29. The van der Waals surface area contributed by atoms with Crippen LogP contribution < -0.4 is 14.6 Å². The number of ether oxygens (including phenoxy) is 1. The number of hydrogen-bond donors (Lipinski definition) is 1. The third kappa shape index (κ3) is 4.55. The normalized spacial score (nSPS) is 11.8. The zero-order valence-corrected chi connectivity index (χ0v) is 13.8. The summed E-state index contributed by atoms with van der Waals surface area (Å²) in [6.45, 7) is -0.419. The van der Waals surface area contributed by atoms with Gasteiger partial charge in [-0.2, -0.15) is 13.3 Å². The van der Waals surface area contributed by atoms with Crippen LogP contribution >= 0.6 is 12.2 Å². The molecule has 1 unspecified atom stereocenters. The molecule has 0 amide bonds. The summed E-state index contributed by atoms with van der Waals surface area (Å²) in [5.41, 5.74) is 0.359. The molecule has 0 fully saturated rings. The zero-order valence-electron chi connectivity index (χ0n) is 13.0. The lowest BCUT2D eigenvalue weighted by molar-refractivity contribution is -0.692. The maximum atomic E-state index is 12.9. The fourth-order valence-electron chi connectivity index (χ4n) is 2.20. The van der Waals surface area contributed by atoms with Gasteiger partial charge in [-0.15, -0.1) is 0 Å². The Morgan fingerprint density at radius 1 is 1.21 bits per heavy atom. The second kappa shape index (κ2) is 8.44. The average Bonchev–Trinajstić information content (AvgIpc) is 2.56. The molecular formula is C17H17F2N2O2S+.